The summed E-state index contributed by atoms with van der Waals surface area (Å²) in [5.74, 6) is -0.663. The van der Waals surface area contributed by atoms with Gasteiger partial charge in [0.05, 0.1) is 61.0 Å². The third kappa shape index (κ3) is 11.8. The maximum Gasteiger partial charge on any atom is 0.265 e. The van der Waals surface area contributed by atoms with Gasteiger partial charge in [-0.15, -0.1) is 0 Å². The van der Waals surface area contributed by atoms with Gasteiger partial charge in [0.25, 0.3) is 17.7 Å². The van der Waals surface area contributed by atoms with Crippen LogP contribution in [-0.2, 0) is 14.3 Å². The van der Waals surface area contributed by atoms with Gasteiger partial charge in [-0.05, 0) is 63.1 Å². The molecule has 0 saturated carbocycles. The number of rotatable bonds is 11. The van der Waals surface area contributed by atoms with Gasteiger partial charge in [0.15, 0.2) is 6.29 Å². The van der Waals surface area contributed by atoms with E-state index in [0.29, 0.717) is 94.9 Å². The molecule has 4 aromatic rings. The van der Waals surface area contributed by atoms with Crippen LogP contribution in [-0.4, -0.2) is 155 Å². The molecule has 7 rings (SSSR count). The maximum absolute atomic E-state index is 12.8. The number of hydrogen-bond acceptors (Lipinski definition) is 12. The number of morpholine rings is 2. The summed E-state index contributed by atoms with van der Waals surface area (Å²) in [5.41, 5.74) is 12.2. The molecule has 0 bridgehead atoms. The van der Waals surface area contributed by atoms with Crippen molar-refractivity contribution in [2.24, 2.45) is 5.73 Å². The highest BCUT2D eigenvalue weighted by atomic mass is 35.5. The number of aryl methyl sites for hydroxylation is 2. The summed E-state index contributed by atoms with van der Waals surface area (Å²) >= 11 is 6.11. The van der Waals surface area contributed by atoms with Crippen molar-refractivity contribution < 1.29 is 38.9 Å². The summed E-state index contributed by atoms with van der Waals surface area (Å²) in [6.07, 6.45) is 5.96. The van der Waals surface area contributed by atoms with Crippen molar-refractivity contribution in [2.75, 3.05) is 84.1 Å². The molecule has 17 nitrogen and oxygen atoms in total. The highest BCUT2D eigenvalue weighted by molar-refractivity contribution is 6.36. The number of aromatic nitrogens is 4. The fraction of sp³-hybridized carbons (Fsp3) is 0.439. The van der Waals surface area contributed by atoms with E-state index >= 15 is 0 Å². The fourth-order valence-corrected chi connectivity index (χ4v) is 7.20. The number of β-amino-alcohol motifs (C(OH)–C–C–N with tert-alkyl or cyclic N) is 2. The number of nitrogens with two attached hydrogens (primary N) is 1. The lowest BCUT2D eigenvalue weighted by molar-refractivity contribution is -0.110. The number of aliphatic hydroxyl groups excluding tert-OH is 2. The summed E-state index contributed by atoms with van der Waals surface area (Å²) in [4.78, 5) is 62.3. The second-order valence-electron chi connectivity index (χ2n) is 14.5. The van der Waals surface area contributed by atoms with E-state index < -0.39 is 6.10 Å². The van der Waals surface area contributed by atoms with Crippen molar-refractivity contribution in [3.8, 4) is 0 Å². The number of aliphatic hydroxyl groups is 2. The molecular weight excluding hydrogens is 782 g/mol. The summed E-state index contributed by atoms with van der Waals surface area (Å²) in [7, 11) is 0. The molecule has 3 aliphatic heterocycles. The topological polar surface area (TPSA) is 233 Å². The Kier molecular flexibility index (Phi) is 16.3. The minimum absolute atomic E-state index is 0.158. The largest absolute Gasteiger partial charge is 0.390 e. The van der Waals surface area contributed by atoms with Crippen molar-refractivity contribution in [1.82, 2.24) is 34.6 Å². The monoisotopic (exact) mass is 835 g/mol. The Balaban J connectivity index is 0.000000202. The molecule has 318 valence electrons. The molecule has 2 atom stereocenters. The number of amides is 2. The van der Waals surface area contributed by atoms with Crippen molar-refractivity contribution in [2.45, 2.75) is 39.9 Å². The zero-order chi connectivity index (χ0) is 42.6. The summed E-state index contributed by atoms with van der Waals surface area (Å²) < 4.78 is 11.9. The third-order valence-corrected chi connectivity index (χ3v) is 10.5. The number of carbonyl (C=O) groups excluding carboxylic acids is 4. The van der Waals surface area contributed by atoms with Gasteiger partial charge in [-0.25, -0.2) is 4.98 Å². The van der Waals surface area contributed by atoms with Crippen LogP contribution in [0.1, 0.15) is 65.0 Å². The number of aldehydes is 1. The number of hydrogen-bond donors (Lipinski definition) is 7. The maximum atomic E-state index is 12.8. The molecule has 0 aliphatic carbocycles. The lowest BCUT2D eigenvalue weighted by atomic mass is 10.0. The minimum Gasteiger partial charge on any atom is -0.390 e. The Morgan fingerprint density at radius 3 is 2.10 bits per heavy atom. The van der Waals surface area contributed by atoms with Crippen LogP contribution in [0.3, 0.4) is 0 Å². The van der Waals surface area contributed by atoms with E-state index in [4.69, 9.17) is 26.8 Å². The number of aromatic amines is 2. The molecule has 1 aromatic carbocycles. The van der Waals surface area contributed by atoms with Crippen molar-refractivity contribution >= 4 is 52.9 Å². The quantitative estimate of drug-likeness (QED) is 0.0852. The molecule has 3 aliphatic rings. The minimum atomic E-state index is -0.665. The molecule has 6 heterocycles. The third-order valence-electron chi connectivity index (χ3n) is 10.2. The smallest absolute Gasteiger partial charge is 0.265 e. The number of H-pyrrole nitrogens is 2. The molecule has 2 saturated heterocycles. The SMILES string of the molecule is Cc1[nH]c(/C=C2\C(=O)Nc3ccc(Cl)cc32)c(C)c1C(=O)NC[C@H](O)CN1CCOCC1.Cc1[nH]c(C=O)c(C)c1C(=O)n1ccnc1.NC[C@H](O)CN1CCOCC1. The highest BCUT2D eigenvalue weighted by Gasteiger charge is 2.26. The van der Waals surface area contributed by atoms with E-state index in [1.54, 1.807) is 44.3 Å². The lowest BCUT2D eigenvalue weighted by Crippen LogP contribution is -2.44. The molecule has 0 unspecified atom stereocenters. The van der Waals surface area contributed by atoms with Crippen molar-refractivity contribution in [3.05, 3.63) is 92.5 Å². The first-order chi connectivity index (χ1) is 28.3. The van der Waals surface area contributed by atoms with Gasteiger partial charge >= 0.3 is 0 Å². The number of halogens is 1. The fourth-order valence-electron chi connectivity index (χ4n) is 7.03. The zero-order valence-corrected chi connectivity index (χ0v) is 34.6. The lowest BCUT2D eigenvalue weighted by Gasteiger charge is -2.28. The van der Waals surface area contributed by atoms with Crippen LogP contribution in [0.2, 0.25) is 5.02 Å². The molecule has 3 aromatic heterocycles. The molecule has 2 fully saturated rings. The van der Waals surface area contributed by atoms with E-state index in [-0.39, 0.29) is 30.4 Å². The van der Waals surface area contributed by atoms with Gasteiger partial charge in [0.2, 0.25) is 0 Å². The van der Waals surface area contributed by atoms with Crippen LogP contribution >= 0.6 is 11.6 Å². The number of fused-ring (bicyclic) bond motifs is 1. The van der Waals surface area contributed by atoms with Crippen LogP contribution in [0.15, 0.2) is 36.9 Å². The van der Waals surface area contributed by atoms with Gasteiger partial charge in [0.1, 0.15) is 6.33 Å². The highest BCUT2D eigenvalue weighted by Crippen LogP contribution is 2.35. The number of carbonyl (C=O) groups is 4. The van der Waals surface area contributed by atoms with Gasteiger partial charge in [-0.2, -0.15) is 0 Å². The first-order valence-corrected chi connectivity index (χ1v) is 19.8. The van der Waals surface area contributed by atoms with Crippen LogP contribution in [0.5, 0.6) is 0 Å². The Morgan fingerprint density at radius 2 is 1.53 bits per heavy atom. The molecule has 18 heteroatoms. The van der Waals surface area contributed by atoms with Gasteiger partial charge in [-0.1, -0.05) is 11.6 Å². The Labute approximate surface area is 347 Å². The molecule has 8 N–H and O–H groups in total. The normalized spacial score (nSPS) is 17.2. The molecule has 59 heavy (non-hydrogen) atoms. The number of nitrogens with zero attached hydrogens (tertiary/aromatic N) is 4. The standard InChI is InChI=1S/C23H27ClN4O4.C11H11N3O2.C7H16N2O2/c1-13-20(10-18-17-9-15(24)3-4-19(17)27-22(18)30)26-14(2)21(13)23(31)25-11-16(29)12-28-5-7-32-8-6-28;1-7-9(5-15)13-8(2)10(7)11(16)14-4-3-12-6-14;8-5-7(10)6-9-1-3-11-4-2-9/h3-4,9-10,16,26,29H,5-8,11-12H2,1-2H3,(H,25,31)(H,27,30);3-6,13H,1-2H3;7,10H,1-6,8H2/b18-10-;;/t16-;;7-/m0.0/s1. The van der Waals surface area contributed by atoms with E-state index in [0.717, 1.165) is 50.5 Å². The molecular formula is C41H54ClN9O8. The Morgan fingerprint density at radius 1 is 0.932 bits per heavy atom. The molecule has 2 amide bonds. The average molecular weight is 836 g/mol. The summed E-state index contributed by atoms with van der Waals surface area (Å²) in [6, 6.07) is 5.24. The van der Waals surface area contributed by atoms with E-state index in [9.17, 15) is 29.4 Å². The van der Waals surface area contributed by atoms with Crippen LogP contribution < -0.4 is 16.4 Å². The number of imidazole rings is 1. The first kappa shape index (κ1) is 45.1. The van der Waals surface area contributed by atoms with E-state index in [1.165, 1.54) is 17.1 Å². The Bertz CT molecular complexity index is 2100. The number of nitrogens with one attached hydrogen (secondary N) is 4. The molecule has 0 radical (unpaired) electrons. The molecule has 0 spiro atoms. The van der Waals surface area contributed by atoms with E-state index in [2.05, 4.69) is 35.4 Å². The first-order valence-electron chi connectivity index (χ1n) is 19.4. The van der Waals surface area contributed by atoms with Crippen molar-refractivity contribution in [1.29, 1.82) is 0 Å². The predicted octanol–water partition coefficient (Wildman–Crippen LogP) is 2.17. The predicted molar refractivity (Wildman–Crippen MR) is 224 cm³/mol. The Hall–Kier alpha value is -4.98. The second kappa shape index (κ2) is 21.3. The van der Waals surface area contributed by atoms with Gasteiger partial charge in [0, 0.05) is 98.1 Å². The number of anilines is 1. The van der Waals surface area contributed by atoms with Gasteiger partial charge in [-0.3, -0.25) is 33.5 Å². The summed E-state index contributed by atoms with van der Waals surface area (Å²) in [6.45, 7) is 15.1. The van der Waals surface area contributed by atoms with Gasteiger partial charge < -0.3 is 46.0 Å². The second-order valence-corrected chi connectivity index (χ2v) is 14.9. The summed E-state index contributed by atoms with van der Waals surface area (Å²) in [5, 5.41) is 25.7. The average Bonchev–Trinajstić information content (AvgIpc) is 4.00. The van der Waals surface area contributed by atoms with Crippen molar-refractivity contribution in [3.63, 3.8) is 0 Å². The number of benzene rings is 1. The number of ether oxygens (including phenoxy) is 2. The zero-order valence-electron chi connectivity index (χ0n) is 33.8. The van der Waals surface area contributed by atoms with Crippen LogP contribution in [0, 0.1) is 27.7 Å². The van der Waals surface area contributed by atoms with Crippen LogP contribution in [0.25, 0.3) is 11.6 Å². The van der Waals surface area contributed by atoms with E-state index in [1.807, 2.05) is 13.8 Å². The van der Waals surface area contributed by atoms with Crippen LogP contribution in [0.4, 0.5) is 5.69 Å².